The van der Waals surface area contributed by atoms with Gasteiger partial charge < -0.3 is 20.3 Å². The highest BCUT2D eigenvalue weighted by atomic mass is 16.5. The monoisotopic (exact) mass is 235 g/mol. The Morgan fingerprint density at radius 1 is 1.41 bits per heavy atom. The van der Waals surface area contributed by atoms with Gasteiger partial charge >= 0.3 is 0 Å². The summed E-state index contributed by atoms with van der Waals surface area (Å²) >= 11 is 0. The van der Waals surface area contributed by atoms with E-state index in [2.05, 4.69) is 0 Å². The fourth-order valence-corrected chi connectivity index (χ4v) is 1.17. The van der Waals surface area contributed by atoms with Crippen molar-refractivity contribution in [3.8, 4) is 17.6 Å². The summed E-state index contributed by atoms with van der Waals surface area (Å²) in [5.41, 5.74) is 5.83. The summed E-state index contributed by atoms with van der Waals surface area (Å²) in [5.74, 6) is 0.637. The molecule has 6 heteroatoms. The number of nitrogens with one attached hydrogen (secondary N) is 1. The molecule has 0 aliphatic heterocycles. The number of hydrogen-bond acceptors (Lipinski definition) is 5. The molecule has 90 valence electrons. The summed E-state index contributed by atoms with van der Waals surface area (Å²) in [6, 6.07) is 6.54. The van der Waals surface area contributed by atoms with E-state index in [0.29, 0.717) is 17.1 Å². The second-order valence-electron chi connectivity index (χ2n) is 3.09. The maximum Gasteiger partial charge on any atom is 0.174 e. The van der Waals surface area contributed by atoms with E-state index in [1.165, 1.54) is 6.07 Å². The molecule has 0 atom stereocenters. The lowest BCUT2D eigenvalue weighted by Gasteiger charge is -2.11. The van der Waals surface area contributed by atoms with Crippen LogP contribution in [0.2, 0.25) is 0 Å². The highest BCUT2D eigenvalue weighted by Crippen LogP contribution is 2.28. The van der Waals surface area contributed by atoms with Gasteiger partial charge in [0.15, 0.2) is 18.1 Å². The van der Waals surface area contributed by atoms with Crippen LogP contribution in [-0.2, 0) is 0 Å². The van der Waals surface area contributed by atoms with Crippen LogP contribution in [0.1, 0.15) is 5.56 Å². The topological polar surface area (TPSA) is 112 Å². The van der Waals surface area contributed by atoms with Crippen molar-refractivity contribution in [1.29, 1.82) is 10.7 Å². The average Bonchev–Trinajstić information content (AvgIpc) is 2.34. The zero-order chi connectivity index (χ0) is 12.7. The van der Waals surface area contributed by atoms with Gasteiger partial charge in [0, 0.05) is 5.56 Å². The van der Waals surface area contributed by atoms with Gasteiger partial charge in [-0.1, -0.05) is 0 Å². The number of ether oxygens (including phenoxy) is 2. The molecule has 1 aromatic rings. The van der Waals surface area contributed by atoms with Crippen LogP contribution in [0.15, 0.2) is 18.2 Å². The Kier molecular flexibility index (Phi) is 4.78. The van der Waals surface area contributed by atoms with Gasteiger partial charge in [-0.25, -0.2) is 0 Å². The summed E-state index contributed by atoms with van der Waals surface area (Å²) in [6.45, 7) is -0.138. The van der Waals surface area contributed by atoms with E-state index in [-0.39, 0.29) is 25.7 Å². The predicted molar refractivity (Wildman–Crippen MR) is 61.1 cm³/mol. The smallest absolute Gasteiger partial charge is 0.174 e. The first-order chi connectivity index (χ1) is 8.19. The normalized spacial score (nSPS) is 9.41. The van der Waals surface area contributed by atoms with Gasteiger partial charge in [0.2, 0.25) is 0 Å². The van der Waals surface area contributed by atoms with Crippen LogP contribution in [0.25, 0.3) is 0 Å². The van der Waals surface area contributed by atoms with Crippen molar-refractivity contribution >= 4 is 5.84 Å². The van der Waals surface area contributed by atoms with Gasteiger partial charge in [0.05, 0.1) is 6.61 Å². The fourth-order valence-electron chi connectivity index (χ4n) is 1.17. The number of nitrogen functional groups attached to an aromatic ring is 1. The van der Waals surface area contributed by atoms with Crippen molar-refractivity contribution in [2.24, 2.45) is 5.73 Å². The van der Waals surface area contributed by atoms with Crippen LogP contribution in [-0.4, -0.2) is 30.8 Å². The molecule has 6 nitrogen and oxygen atoms in total. The van der Waals surface area contributed by atoms with Gasteiger partial charge in [-0.3, -0.25) is 5.41 Å². The Hall–Kier alpha value is -2.26. The Morgan fingerprint density at radius 2 is 2.18 bits per heavy atom. The van der Waals surface area contributed by atoms with E-state index in [4.69, 9.17) is 31.0 Å². The minimum atomic E-state index is -0.137. The molecule has 1 aromatic carbocycles. The lowest BCUT2D eigenvalue weighted by molar-refractivity contribution is 0.195. The van der Waals surface area contributed by atoms with Crippen molar-refractivity contribution in [3.63, 3.8) is 0 Å². The van der Waals surface area contributed by atoms with Crippen LogP contribution >= 0.6 is 0 Å². The molecule has 0 aliphatic rings. The molecule has 0 spiro atoms. The first kappa shape index (κ1) is 12.8. The standard InChI is InChI=1S/C11H13N3O3/c12-3-5-16-9-2-1-8(11(13)14)7-10(9)17-6-4-15/h1-2,7,15H,4-6H2,(H3,13,14). The van der Waals surface area contributed by atoms with E-state index in [9.17, 15) is 0 Å². The molecule has 17 heavy (non-hydrogen) atoms. The zero-order valence-electron chi connectivity index (χ0n) is 9.14. The second kappa shape index (κ2) is 6.35. The molecule has 0 aliphatic carbocycles. The number of rotatable bonds is 6. The van der Waals surface area contributed by atoms with Crippen LogP contribution in [0, 0.1) is 16.7 Å². The maximum atomic E-state index is 8.69. The van der Waals surface area contributed by atoms with E-state index < -0.39 is 0 Å². The number of nitrogens with two attached hydrogens (primary N) is 1. The highest BCUT2D eigenvalue weighted by molar-refractivity contribution is 5.95. The highest BCUT2D eigenvalue weighted by Gasteiger charge is 2.08. The minimum Gasteiger partial charge on any atom is -0.487 e. The number of aliphatic hydroxyl groups excluding tert-OH is 1. The molecular weight excluding hydrogens is 222 g/mol. The van der Waals surface area contributed by atoms with Crippen LogP contribution < -0.4 is 15.2 Å². The van der Waals surface area contributed by atoms with Crippen LogP contribution in [0.5, 0.6) is 11.5 Å². The first-order valence-corrected chi connectivity index (χ1v) is 4.91. The van der Waals surface area contributed by atoms with Gasteiger partial charge in [0.1, 0.15) is 18.5 Å². The van der Waals surface area contributed by atoms with E-state index in [1.54, 1.807) is 12.1 Å². The average molecular weight is 235 g/mol. The summed E-state index contributed by atoms with van der Waals surface area (Å²) < 4.78 is 10.4. The van der Waals surface area contributed by atoms with Crippen molar-refractivity contribution in [2.45, 2.75) is 0 Å². The van der Waals surface area contributed by atoms with Crippen molar-refractivity contribution in [1.82, 2.24) is 0 Å². The molecule has 0 bridgehead atoms. The molecule has 0 radical (unpaired) electrons. The molecule has 0 amide bonds. The number of aliphatic hydroxyl groups is 1. The largest absolute Gasteiger partial charge is 0.487 e. The maximum absolute atomic E-state index is 8.69. The Labute approximate surface area is 98.7 Å². The Balaban J connectivity index is 2.95. The number of benzene rings is 1. The van der Waals surface area contributed by atoms with E-state index in [1.807, 2.05) is 6.07 Å². The van der Waals surface area contributed by atoms with Gasteiger partial charge in [-0.2, -0.15) is 5.26 Å². The van der Waals surface area contributed by atoms with Crippen LogP contribution in [0.4, 0.5) is 0 Å². The molecule has 0 aromatic heterocycles. The second-order valence-corrected chi connectivity index (χ2v) is 3.09. The van der Waals surface area contributed by atoms with Gasteiger partial charge in [-0.15, -0.1) is 0 Å². The predicted octanol–water partition coefficient (Wildman–Crippen LogP) is 0.244. The molecule has 0 heterocycles. The summed E-state index contributed by atoms with van der Waals surface area (Å²) in [4.78, 5) is 0. The Morgan fingerprint density at radius 3 is 2.76 bits per heavy atom. The van der Waals surface area contributed by atoms with E-state index in [0.717, 1.165) is 0 Å². The third kappa shape index (κ3) is 3.66. The summed E-state index contributed by atoms with van der Waals surface area (Å²) in [6.07, 6.45) is 0. The number of nitrogens with zero attached hydrogens (tertiary/aromatic N) is 1. The quantitative estimate of drug-likeness (QED) is 0.483. The molecule has 0 saturated carbocycles. The van der Waals surface area contributed by atoms with Gasteiger partial charge in [-0.05, 0) is 18.2 Å². The van der Waals surface area contributed by atoms with Crippen molar-refractivity contribution < 1.29 is 14.6 Å². The van der Waals surface area contributed by atoms with Gasteiger partial charge in [0.25, 0.3) is 0 Å². The van der Waals surface area contributed by atoms with E-state index >= 15 is 0 Å². The lowest BCUT2D eigenvalue weighted by Crippen LogP contribution is -2.12. The summed E-state index contributed by atoms with van der Waals surface area (Å²) in [7, 11) is 0. The number of amidine groups is 1. The molecule has 1 rings (SSSR count). The Bertz CT molecular complexity index is 440. The number of hydrogen-bond donors (Lipinski definition) is 3. The molecule has 0 saturated heterocycles. The molecule has 4 N–H and O–H groups in total. The fraction of sp³-hybridized carbons (Fsp3) is 0.273. The summed E-state index contributed by atoms with van der Waals surface area (Å²) in [5, 5.41) is 24.4. The third-order valence-corrected chi connectivity index (χ3v) is 1.90. The van der Waals surface area contributed by atoms with Crippen molar-refractivity contribution in [2.75, 3.05) is 19.8 Å². The van der Waals surface area contributed by atoms with Crippen LogP contribution in [0.3, 0.4) is 0 Å². The third-order valence-electron chi connectivity index (χ3n) is 1.90. The number of nitriles is 1. The lowest BCUT2D eigenvalue weighted by atomic mass is 10.2. The minimum absolute atomic E-state index is 0.0920. The molecule has 0 unspecified atom stereocenters. The SMILES string of the molecule is N#CCOc1ccc(C(=N)N)cc1OCCO. The van der Waals surface area contributed by atoms with Crippen molar-refractivity contribution in [3.05, 3.63) is 23.8 Å². The molecule has 0 fully saturated rings. The molecular formula is C11H13N3O3. The first-order valence-electron chi connectivity index (χ1n) is 4.91. The zero-order valence-corrected chi connectivity index (χ0v) is 9.14.